The van der Waals surface area contributed by atoms with Crippen molar-refractivity contribution in [3.63, 3.8) is 0 Å². The Morgan fingerprint density at radius 1 is 1.55 bits per heavy atom. The van der Waals surface area contributed by atoms with E-state index in [1.807, 2.05) is 0 Å². The maximum atomic E-state index is 11.8. The summed E-state index contributed by atoms with van der Waals surface area (Å²) in [6.07, 6.45) is 0.0953. The van der Waals surface area contributed by atoms with Crippen LogP contribution in [0, 0.1) is 6.92 Å². The topological polar surface area (TPSA) is 111 Å². The Morgan fingerprint density at radius 3 is 2.95 bits per heavy atom. The van der Waals surface area contributed by atoms with Gasteiger partial charge in [0.15, 0.2) is 0 Å². The van der Waals surface area contributed by atoms with Crippen molar-refractivity contribution in [2.75, 3.05) is 6.61 Å². The van der Waals surface area contributed by atoms with Crippen LogP contribution in [0.3, 0.4) is 0 Å². The highest BCUT2D eigenvalue weighted by Gasteiger charge is 2.35. The van der Waals surface area contributed by atoms with E-state index in [-0.39, 0.29) is 18.8 Å². The lowest BCUT2D eigenvalue weighted by Gasteiger charge is -2.16. The fraction of sp³-hybridized carbons (Fsp3) is 0.643. The van der Waals surface area contributed by atoms with Gasteiger partial charge in [0.2, 0.25) is 0 Å². The first-order valence-electron chi connectivity index (χ1n) is 7.23. The molecule has 0 saturated carbocycles. The van der Waals surface area contributed by atoms with Crippen LogP contribution >= 0.6 is 0 Å². The smallest absolute Gasteiger partial charge is 0.330 e. The number of hydrogen-bond acceptors (Lipinski definition) is 6. The summed E-state index contributed by atoms with van der Waals surface area (Å²) in [5.74, 6) is -0.348. The van der Waals surface area contributed by atoms with Crippen LogP contribution < -0.4 is 11.2 Å². The number of aliphatic hydroxyl groups excluding tert-OH is 1. The SMILES string of the molecule is CCOC(=O)CC[C@H]1O[C@@H](n2cc(C)c(=O)[nH]c2=O)CC1O. The highest BCUT2D eigenvalue weighted by atomic mass is 16.5. The molecule has 0 aromatic carbocycles. The number of aromatic nitrogens is 2. The van der Waals surface area contributed by atoms with Crippen LogP contribution in [0.5, 0.6) is 0 Å². The monoisotopic (exact) mass is 312 g/mol. The zero-order valence-corrected chi connectivity index (χ0v) is 12.6. The second-order valence-corrected chi connectivity index (χ2v) is 5.25. The number of aryl methyl sites for hydroxylation is 1. The molecule has 0 amide bonds. The van der Waals surface area contributed by atoms with Crippen LogP contribution in [0.15, 0.2) is 15.8 Å². The first-order valence-corrected chi connectivity index (χ1v) is 7.23. The van der Waals surface area contributed by atoms with Crippen molar-refractivity contribution in [1.82, 2.24) is 9.55 Å². The molecule has 3 atom stereocenters. The summed E-state index contributed by atoms with van der Waals surface area (Å²) in [6.45, 7) is 3.61. The first kappa shape index (κ1) is 16.4. The average molecular weight is 312 g/mol. The van der Waals surface area contributed by atoms with Crippen LogP contribution in [0.25, 0.3) is 0 Å². The van der Waals surface area contributed by atoms with Gasteiger partial charge in [-0.15, -0.1) is 0 Å². The van der Waals surface area contributed by atoms with Gasteiger partial charge in [0, 0.05) is 24.6 Å². The van der Waals surface area contributed by atoms with Crippen molar-refractivity contribution in [1.29, 1.82) is 0 Å². The third-order valence-corrected chi connectivity index (χ3v) is 3.60. The molecule has 0 aliphatic carbocycles. The number of nitrogens with zero attached hydrogens (tertiary/aromatic N) is 1. The Hall–Kier alpha value is -1.93. The van der Waals surface area contributed by atoms with Crippen molar-refractivity contribution in [2.24, 2.45) is 0 Å². The average Bonchev–Trinajstić information content (AvgIpc) is 2.82. The van der Waals surface area contributed by atoms with Gasteiger partial charge < -0.3 is 14.6 Å². The summed E-state index contributed by atoms with van der Waals surface area (Å²) < 4.78 is 11.7. The quantitative estimate of drug-likeness (QED) is 0.731. The van der Waals surface area contributed by atoms with Gasteiger partial charge in [0.1, 0.15) is 6.23 Å². The largest absolute Gasteiger partial charge is 0.466 e. The second kappa shape index (κ2) is 6.89. The molecular formula is C14H20N2O6. The van der Waals surface area contributed by atoms with Gasteiger partial charge in [-0.25, -0.2) is 4.79 Å². The van der Waals surface area contributed by atoms with Crippen molar-refractivity contribution in [3.8, 4) is 0 Å². The van der Waals surface area contributed by atoms with Gasteiger partial charge in [-0.1, -0.05) is 0 Å². The predicted octanol–water partition coefficient (Wildman–Crippen LogP) is -0.163. The van der Waals surface area contributed by atoms with E-state index in [9.17, 15) is 19.5 Å². The number of aliphatic hydroxyl groups is 1. The molecule has 0 radical (unpaired) electrons. The molecule has 2 N–H and O–H groups in total. The number of rotatable bonds is 5. The minimum atomic E-state index is -0.779. The van der Waals surface area contributed by atoms with Gasteiger partial charge >= 0.3 is 11.7 Å². The molecule has 1 aliphatic heterocycles. The fourth-order valence-corrected chi connectivity index (χ4v) is 2.44. The number of aromatic amines is 1. The maximum Gasteiger partial charge on any atom is 0.330 e. The predicted molar refractivity (Wildman–Crippen MR) is 76.5 cm³/mol. The minimum absolute atomic E-state index is 0.141. The Labute approximate surface area is 126 Å². The van der Waals surface area contributed by atoms with E-state index in [1.54, 1.807) is 13.8 Å². The Bertz CT molecular complexity index is 649. The van der Waals surface area contributed by atoms with Crippen molar-refractivity contribution < 1.29 is 19.4 Å². The van der Waals surface area contributed by atoms with Gasteiger partial charge in [0.25, 0.3) is 5.56 Å². The Kier molecular flexibility index (Phi) is 5.15. The number of H-pyrrole nitrogens is 1. The summed E-state index contributed by atoms with van der Waals surface area (Å²) in [5, 5.41) is 10.0. The lowest BCUT2D eigenvalue weighted by Crippen LogP contribution is -2.33. The lowest BCUT2D eigenvalue weighted by molar-refractivity contribution is -0.144. The molecule has 2 rings (SSSR count). The van der Waals surface area contributed by atoms with Crippen molar-refractivity contribution in [2.45, 2.75) is 51.5 Å². The molecule has 2 heterocycles. The molecule has 1 unspecified atom stereocenters. The second-order valence-electron chi connectivity index (χ2n) is 5.25. The first-order chi connectivity index (χ1) is 10.4. The van der Waals surface area contributed by atoms with Crippen LogP contribution in [0.2, 0.25) is 0 Å². The molecule has 1 aliphatic rings. The standard InChI is InChI=1S/C14H20N2O6/c1-3-21-12(18)5-4-10-9(17)6-11(22-10)16-7-8(2)13(19)15-14(16)20/h7,9-11,17H,3-6H2,1-2H3,(H,15,19,20)/t9?,10-,11-/m1/s1. The van der Waals surface area contributed by atoms with Crippen LogP contribution in [0.1, 0.15) is 38.0 Å². The van der Waals surface area contributed by atoms with Crippen LogP contribution in [0.4, 0.5) is 0 Å². The van der Waals surface area contributed by atoms with E-state index in [4.69, 9.17) is 9.47 Å². The van der Waals surface area contributed by atoms with Crippen molar-refractivity contribution in [3.05, 3.63) is 32.6 Å². The number of ether oxygens (including phenoxy) is 2. The Morgan fingerprint density at radius 2 is 2.27 bits per heavy atom. The molecule has 0 spiro atoms. The zero-order valence-electron chi connectivity index (χ0n) is 12.6. The summed E-state index contributed by atoms with van der Waals surface area (Å²) in [4.78, 5) is 36.7. The summed E-state index contributed by atoms with van der Waals surface area (Å²) in [6, 6.07) is 0. The molecule has 8 heteroatoms. The van der Waals surface area contributed by atoms with Gasteiger partial charge in [-0.3, -0.25) is 19.1 Å². The molecule has 1 fully saturated rings. The van der Waals surface area contributed by atoms with E-state index in [1.165, 1.54) is 10.8 Å². The van der Waals surface area contributed by atoms with E-state index in [2.05, 4.69) is 4.98 Å². The highest BCUT2D eigenvalue weighted by molar-refractivity contribution is 5.69. The summed E-state index contributed by atoms with van der Waals surface area (Å²) in [7, 11) is 0. The molecule has 1 aromatic heterocycles. The van der Waals surface area contributed by atoms with Gasteiger partial charge in [-0.2, -0.15) is 0 Å². The van der Waals surface area contributed by atoms with Crippen molar-refractivity contribution >= 4 is 5.97 Å². The normalized spacial score (nSPS) is 24.4. The molecule has 8 nitrogen and oxygen atoms in total. The molecule has 1 saturated heterocycles. The van der Waals surface area contributed by atoms with Gasteiger partial charge in [0.05, 0.1) is 18.8 Å². The zero-order chi connectivity index (χ0) is 16.3. The number of hydrogen-bond donors (Lipinski definition) is 2. The summed E-state index contributed by atoms with van der Waals surface area (Å²) in [5.41, 5.74) is -0.648. The fourth-order valence-electron chi connectivity index (χ4n) is 2.44. The Balaban J connectivity index is 2.04. The number of nitrogens with one attached hydrogen (secondary N) is 1. The van der Waals surface area contributed by atoms with Gasteiger partial charge in [-0.05, 0) is 20.3 Å². The third kappa shape index (κ3) is 3.63. The maximum absolute atomic E-state index is 11.8. The van der Waals surface area contributed by atoms with E-state index in [0.29, 0.717) is 18.6 Å². The third-order valence-electron chi connectivity index (χ3n) is 3.60. The summed E-state index contributed by atoms with van der Waals surface area (Å²) >= 11 is 0. The number of carbonyl (C=O) groups excluding carboxylic acids is 1. The minimum Gasteiger partial charge on any atom is -0.466 e. The molecule has 22 heavy (non-hydrogen) atoms. The van der Waals surface area contributed by atoms with Crippen LogP contribution in [-0.4, -0.2) is 39.4 Å². The molecular weight excluding hydrogens is 292 g/mol. The van der Waals surface area contributed by atoms with Crippen LogP contribution in [-0.2, 0) is 14.3 Å². The van der Waals surface area contributed by atoms with E-state index >= 15 is 0 Å². The highest BCUT2D eigenvalue weighted by Crippen LogP contribution is 2.30. The number of esters is 1. The molecule has 122 valence electrons. The molecule has 0 bridgehead atoms. The number of carbonyl (C=O) groups is 1. The van der Waals surface area contributed by atoms with E-state index in [0.717, 1.165) is 0 Å². The van der Waals surface area contributed by atoms with E-state index < -0.39 is 29.7 Å². The lowest BCUT2D eigenvalue weighted by atomic mass is 10.1. The molecule has 1 aromatic rings.